The monoisotopic (exact) mass is 308 g/mol. The molecule has 7 heteroatoms. The Hall–Kier alpha value is -1.73. The molecule has 114 valence electrons. The van der Waals surface area contributed by atoms with Crippen LogP contribution in [0.25, 0.3) is 0 Å². The van der Waals surface area contributed by atoms with Crippen LogP contribution in [0.2, 0.25) is 0 Å². The van der Waals surface area contributed by atoms with Crippen molar-refractivity contribution in [3.05, 3.63) is 41.7 Å². The number of sulfonamides is 1. The molecule has 0 amide bonds. The van der Waals surface area contributed by atoms with Gasteiger partial charge in [0, 0.05) is 6.04 Å². The van der Waals surface area contributed by atoms with Crippen LogP contribution in [0.4, 0.5) is 0 Å². The van der Waals surface area contributed by atoms with Gasteiger partial charge in [0.05, 0.1) is 23.3 Å². The number of nitrogens with zero attached hydrogens (tertiary/aromatic N) is 3. The van der Waals surface area contributed by atoms with E-state index in [1.165, 1.54) is 0 Å². The summed E-state index contributed by atoms with van der Waals surface area (Å²) < 4.78 is 29.0. The lowest BCUT2D eigenvalue weighted by molar-refractivity contribution is 0.514. The number of benzene rings is 1. The smallest absolute Gasteiger partial charge is 0.241 e. The summed E-state index contributed by atoms with van der Waals surface area (Å²) in [6.45, 7) is 6.04. The highest BCUT2D eigenvalue weighted by Gasteiger charge is 2.17. The van der Waals surface area contributed by atoms with E-state index in [1.54, 1.807) is 23.0 Å². The van der Waals surface area contributed by atoms with Crippen molar-refractivity contribution in [1.82, 2.24) is 19.7 Å². The van der Waals surface area contributed by atoms with Gasteiger partial charge in [-0.1, -0.05) is 30.3 Å². The molecule has 1 aromatic heterocycles. The molecule has 21 heavy (non-hydrogen) atoms. The predicted molar refractivity (Wildman–Crippen MR) is 80.3 cm³/mol. The van der Waals surface area contributed by atoms with Gasteiger partial charge in [-0.15, -0.1) is 5.10 Å². The van der Waals surface area contributed by atoms with Crippen LogP contribution < -0.4 is 4.72 Å². The van der Waals surface area contributed by atoms with Gasteiger partial charge >= 0.3 is 0 Å². The molecule has 2 rings (SSSR count). The van der Waals surface area contributed by atoms with Crippen LogP contribution in [0.15, 0.2) is 35.4 Å². The standard InChI is InChI=1S/C14H20N4O2S/c1-4-12-7-5-6-8-14(12)21(19,20)15-9-13-10-18(11(2)3)17-16-13/h5-8,10-11,15H,4,9H2,1-3H3. The number of hydrogen-bond acceptors (Lipinski definition) is 4. The van der Waals surface area contributed by atoms with Gasteiger partial charge in [0.2, 0.25) is 10.0 Å². The molecular weight excluding hydrogens is 288 g/mol. The first-order valence-electron chi connectivity index (χ1n) is 6.92. The summed E-state index contributed by atoms with van der Waals surface area (Å²) in [4.78, 5) is 0.323. The zero-order valence-electron chi connectivity index (χ0n) is 12.4. The Balaban J connectivity index is 2.14. The first kappa shape index (κ1) is 15.7. The van der Waals surface area contributed by atoms with E-state index >= 15 is 0 Å². The molecule has 0 aliphatic rings. The van der Waals surface area contributed by atoms with Crippen molar-refractivity contribution in [2.24, 2.45) is 0 Å². The lowest BCUT2D eigenvalue weighted by Gasteiger charge is -2.09. The predicted octanol–water partition coefficient (Wildman–Crippen LogP) is 1.90. The fourth-order valence-electron chi connectivity index (χ4n) is 1.95. The third-order valence-corrected chi connectivity index (χ3v) is 4.67. The van der Waals surface area contributed by atoms with E-state index < -0.39 is 10.0 Å². The van der Waals surface area contributed by atoms with Gasteiger partial charge in [-0.3, -0.25) is 0 Å². The van der Waals surface area contributed by atoms with Crippen LogP contribution in [0.1, 0.15) is 38.1 Å². The lowest BCUT2D eigenvalue weighted by atomic mass is 10.2. The zero-order valence-corrected chi connectivity index (χ0v) is 13.3. The molecule has 0 aliphatic carbocycles. The molecule has 0 spiro atoms. The van der Waals surface area contributed by atoms with Crippen LogP contribution in [0.3, 0.4) is 0 Å². The maximum absolute atomic E-state index is 12.4. The Kier molecular flexibility index (Phi) is 4.74. The largest absolute Gasteiger partial charge is 0.250 e. The van der Waals surface area contributed by atoms with E-state index in [9.17, 15) is 8.42 Å². The van der Waals surface area contributed by atoms with E-state index in [0.29, 0.717) is 17.0 Å². The van der Waals surface area contributed by atoms with E-state index in [-0.39, 0.29) is 12.6 Å². The molecule has 0 saturated heterocycles. The Bertz CT molecular complexity index is 707. The molecule has 0 saturated carbocycles. The van der Waals surface area contributed by atoms with Gasteiger partial charge in [0.15, 0.2) is 0 Å². The first-order chi connectivity index (χ1) is 9.94. The van der Waals surface area contributed by atoms with Crippen molar-refractivity contribution in [2.75, 3.05) is 0 Å². The Morgan fingerprint density at radius 2 is 2.00 bits per heavy atom. The molecule has 1 heterocycles. The Morgan fingerprint density at radius 3 is 2.62 bits per heavy atom. The topological polar surface area (TPSA) is 76.9 Å². The van der Waals surface area contributed by atoms with Crippen molar-refractivity contribution >= 4 is 10.0 Å². The molecule has 0 unspecified atom stereocenters. The molecule has 0 fully saturated rings. The fraction of sp³-hybridized carbons (Fsp3) is 0.429. The lowest BCUT2D eigenvalue weighted by Crippen LogP contribution is -2.24. The van der Waals surface area contributed by atoms with Crippen LogP contribution in [-0.4, -0.2) is 23.4 Å². The highest BCUT2D eigenvalue weighted by atomic mass is 32.2. The van der Waals surface area contributed by atoms with Gasteiger partial charge < -0.3 is 0 Å². The van der Waals surface area contributed by atoms with Crippen molar-refractivity contribution in [1.29, 1.82) is 0 Å². The number of hydrogen-bond donors (Lipinski definition) is 1. The molecule has 1 N–H and O–H groups in total. The van der Waals surface area contributed by atoms with Crippen LogP contribution >= 0.6 is 0 Å². The highest BCUT2D eigenvalue weighted by Crippen LogP contribution is 2.16. The van der Waals surface area contributed by atoms with Crippen molar-refractivity contribution in [3.63, 3.8) is 0 Å². The van der Waals surface area contributed by atoms with E-state index in [4.69, 9.17) is 0 Å². The Labute approximate surface area is 125 Å². The minimum absolute atomic E-state index is 0.132. The normalized spacial score (nSPS) is 12.0. The summed E-state index contributed by atoms with van der Waals surface area (Å²) in [5, 5.41) is 7.92. The maximum Gasteiger partial charge on any atom is 0.241 e. The average Bonchev–Trinajstić information content (AvgIpc) is 2.94. The van der Waals surface area contributed by atoms with Crippen molar-refractivity contribution in [2.45, 2.75) is 44.7 Å². The van der Waals surface area contributed by atoms with Crippen molar-refractivity contribution < 1.29 is 8.42 Å². The fourth-order valence-corrected chi connectivity index (χ4v) is 3.26. The summed E-state index contributed by atoms with van der Waals surface area (Å²) in [5.41, 5.74) is 1.40. The summed E-state index contributed by atoms with van der Waals surface area (Å²) in [6, 6.07) is 7.20. The highest BCUT2D eigenvalue weighted by molar-refractivity contribution is 7.89. The van der Waals surface area contributed by atoms with Gasteiger partial charge in [0.25, 0.3) is 0 Å². The molecule has 6 nitrogen and oxygen atoms in total. The first-order valence-corrected chi connectivity index (χ1v) is 8.40. The number of rotatable bonds is 6. The average molecular weight is 308 g/mol. The number of aromatic nitrogens is 3. The number of aryl methyl sites for hydroxylation is 1. The molecule has 2 aromatic rings. The summed E-state index contributed by atoms with van der Waals surface area (Å²) in [7, 11) is -3.54. The van der Waals surface area contributed by atoms with E-state index in [0.717, 1.165) is 5.56 Å². The molecule has 0 aliphatic heterocycles. The maximum atomic E-state index is 12.4. The second-order valence-corrected chi connectivity index (χ2v) is 6.80. The second-order valence-electron chi connectivity index (χ2n) is 5.07. The second kappa shape index (κ2) is 6.36. The van der Waals surface area contributed by atoms with Gasteiger partial charge in [-0.2, -0.15) is 0 Å². The summed E-state index contributed by atoms with van der Waals surface area (Å²) >= 11 is 0. The van der Waals surface area contributed by atoms with Crippen LogP contribution in [0.5, 0.6) is 0 Å². The van der Waals surface area contributed by atoms with E-state index in [2.05, 4.69) is 15.0 Å². The molecular formula is C14H20N4O2S. The number of nitrogens with one attached hydrogen (secondary N) is 1. The zero-order chi connectivity index (χ0) is 15.5. The van der Waals surface area contributed by atoms with Gasteiger partial charge in [-0.05, 0) is 31.9 Å². The minimum Gasteiger partial charge on any atom is -0.250 e. The Morgan fingerprint density at radius 1 is 1.29 bits per heavy atom. The molecule has 0 atom stereocenters. The summed E-state index contributed by atoms with van der Waals surface area (Å²) in [5.74, 6) is 0. The van der Waals surface area contributed by atoms with E-state index in [1.807, 2.05) is 32.9 Å². The summed E-state index contributed by atoms with van der Waals surface area (Å²) in [6.07, 6.45) is 2.42. The molecule has 0 bridgehead atoms. The van der Waals surface area contributed by atoms with Gasteiger partial charge in [0.1, 0.15) is 0 Å². The minimum atomic E-state index is -3.54. The SMILES string of the molecule is CCc1ccccc1S(=O)(=O)NCc1cn(C(C)C)nn1. The van der Waals surface area contributed by atoms with Gasteiger partial charge in [-0.25, -0.2) is 17.8 Å². The quantitative estimate of drug-likeness (QED) is 0.884. The third kappa shape index (κ3) is 3.68. The molecule has 1 aromatic carbocycles. The van der Waals surface area contributed by atoms with Crippen molar-refractivity contribution in [3.8, 4) is 0 Å². The third-order valence-electron chi connectivity index (χ3n) is 3.17. The van der Waals surface area contributed by atoms with Crippen LogP contribution in [-0.2, 0) is 23.0 Å². The molecule has 0 radical (unpaired) electrons. The van der Waals surface area contributed by atoms with Crippen LogP contribution in [0, 0.1) is 0 Å².